The zero-order valence-electron chi connectivity index (χ0n) is 18.8. The van der Waals surface area contributed by atoms with E-state index < -0.39 is 18.2 Å². The molecule has 8 heteroatoms. The highest BCUT2D eigenvalue weighted by Gasteiger charge is 2.40. The first kappa shape index (κ1) is 24.3. The lowest BCUT2D eigenvalue weighted by Crippen LogP contribution is -2.52. The second-order valence-electron chi connectivity index (χ2n) is 7.83. The van der Waals surface area contributed by atoms with Gasteiger partial charge >= 0.3 is 0 Å². The summed E-state index contributed by atoms with van der Waals surface area (Å²) < 4.78 is 0. The fourth-order valence-electron chi connectivity index (χ4n) is 3.60. The number of hydrogen-bond acceptors (Lipinski definition) is 5. The van der Waals surface area contributed by atoms with E-state index in [0.29, 0.717) is 6.54 Å². The molecule has 0 spiro atoms. The number of aliphatic hydroxyl groups excluding tert-OH is 1. The maximum atomic E-state index is 12.7. The fourth-order valence-corrected chi connectivity index (χ4v) is 3.60. The van der Waals surface area contributed by atoms with Crippen LogP contribution < -0.4 is 10.6 Å². The number of hydrogen-bond donors (Lipinski definition) is 3. The van der Waals surface area contributed by atoms with Gasteiger partial charge in [-0.1, -0.05) is 24.3 Å². The molecular weight excluding hydrogens is 396 g/mol. The van der Waals surface area contributed by atoms with Crippen molar-refractivity contribution >= 4 is 29.5 Å². The molecule has 1 heterocycles. The Morgan fingerprint density at radius 1 is 1.23 bits per heavy atom. The molecule has 3 atom stereocenters. The Labute approximate surface area is 183 Å². The number of benzene rings is 1. The maximum absolute atomic E-state index is 12.7. The van der Waals surface area contributed by atoms with E-state index in [1.54, 1.807) is 13.1 Å². The predicted molar refractivity (Wildman–Crippen MR) is 120 cm³/mol. The van der Waals surface area contributed by atoms with Gasteiger partial charge in [0.05, 0.1) is 6.10 Å². The van der Waals surface area contributed by atoms with Crippen LogP contribution >= 0.6 is 0 Å². The Kier molecular flexibility index (Phi) is 8.50. The van der Waals surface area contributed by atoms with E-state index in [9.17, 15) is 19.5 Å². The van der Waals surface area contributed by atoms with Gasteiger partial charge in [0, 0.05) is 38.3 Å². The third-order valence-electron chi connectivity index (χ3n) is 5.37. The Balaban J connectivity index is 2.01. The van der Waals surface area contributed by atoms with Crippen LogP contribution in [0.5, 0.6) is 0 Å². The Hall–Kier alpha value is -3.00. The molecule has 0 saturated carbocycles. The highest BCUT2D eigenvalue weighted by atomic mass is 16.3. The molecule has 1 saturated heterocycles. The van der Waals surface area contributed by atoms with Crippen LogP contribution in [0.3, 0.4) is 0 Å². The lowest BCUT2D eigenvalue weighted by molar-refractivity contribution is -0.141. The Morgan fingerprint density at radius 2 is 1.87 bits per heavy atom. The predicted octanol–water partition coefficient (Wildman–Crippen LogP) is 1.63. The van der Waals surface area contributed by atoms with Crippen LogP contribution in [0.25, 0.3) is 5.57 Å². The van der Waals surface area contributed by atoms with Gasteiger partial charge in [0.25, 0.3) is 0 Å². The number of amides is 3. The van der Waals surface area contributed by atoms with Gasteiger partial charge in [0.15, 0.2) is 0 Å². The molecule has 3 amide bonds. The number of aliphatic imine (C=N–C) groups is 1. The molecule has 1 aliphatic heterocycles. The largest absolute Gasteiger partial charge is 0.391 e. The van der Waals surface area contributed by atoms with Crippen LogP contribution in [0.4, 0.5) is 0 Å². The second kappa shape index (κ2) is 10.9. The van der Waals surface area contributed by atoms with Crippen LogP contribution in [-0.4, -0.2) is 58.7 Å². The topological polar surface area (TPSA) is 111 Å². The summed E-state index contributed by atoms with van der Waals surface area (Å²) >= 11 is 0. The summed E-state index contributed by atoms with van der Waals surface area (Å²) in [5.41, 5.74) is 4.00. The molecule has 31 heavy (non-hydrogen) atoms. The number of aliphatic hydroxyl groups is 1. The minimum atomic E-state index is -0.771. The molecule has 0 radical (unpaired) electrons. The summed E-state index contributed by atoms with van der Waals surface area (Å²) in [6.07, 6.45) is 1.16. The van der Waals surface area contributed by atoms with Gasteiger partial charge in [-0.3, -0.25) is 19.4 Å². The number of allylic oxidation sites excluding steroid dienone is 2. The van der Waals surface area contributed by atoms with Crippen molar-refractivity contribution in [3.05, 3.63) is 41.1 Å². The van der Waals surface area contributed by atoms with Crippen molar-refractivity contribution in [2.45, 2.75) is 65.8 Å². The van der Waals surface area contributed by atoms with Crippen molar-refractivity contribution in [2.75, 3.05) is 6.54 Å². The van der Waals surface area contributed by atoms with Gasteiger partial charge in [0.2, 0.25) is 17.7 Å². The summed E-state index contributed by atoms with van der Waals surface area (Å²) in [5, 5.41) is 15.4. The number of carbonyl (C=O) groups excluding carboxylic acids is 3. The SMILES string of the molecule is C/C=N\C(C)=C(/C)c1ccc(CNC(=O)[C@@H]2C[C@@H](O)CN2C(=O)[C@H](C)NC(C)=O)cc1. The van der Waals surface area contributed by atoms with Crippen molar-refractivity contribution in [1.29, 1.82) is 0 Å². The van der Waals surface area contributed by atoms with Gasteiger partial charge in [0.1, 0.15) is 12.1 Å². The summed E-state index contributed by atoms with van der Waals surface area (Å²) in [4.78, 5) is 42.2. The van der Waals surface area contributed by atoms with Gasteiger partial charge in [-0.25, -0.2) is 0 Å². The second-order valence-corrected chi connectivity index (χ2v) is 7.83. The smallest absolute Gasteiger partial charge is 0.245 e. The molecule has 1 aliphatic rings. The quantitative estimate of drug-likeness (QED) is 0.573. The van der Waals surface area contributed by atoms with E-state index >= 15 is 0 Å². The van der Waals surface area contributed by atoms with Crippen LogP contribution in [-0.2, 0) is 20.9 Å². The maximum Gasteiger partial charge on any atom is 0.245 e. The summed E-state index contributed by atoms with van der Waals surface area (Å²) in [5.74, 6) is -1.04. The molecule has 0 unspecified atom stereocenters. The Morgan fingerprint density at radius 3 is 2.45 bits per heavy atom. The highest BCUT2D eigenvalue weighted by molar-refractivity contribution is 5.92. The number of carbonyl (C=O) groups is 3. The highest BCUT2D eigenvalue weighted by Crippen LogP contribution is 2.21. The summed E-state index contributed by atoms with van der Waals surface area (Å²) in [7, 11) is 0. The third kappa shape index (κ3) is 6.49. The zero-order valence-corrected chi connectivity index (χ0v) is 18.8. The first-order valence-electron chi connectivity index (χ1n) is 10.4. The molecule has 8 nitrogen and oxygen atoms in total. The molecule has 0 aliphatic carbocycles. The first-order valence-corrected chi connectivity index (χ1v) is 10.4. The van der Waals surface area contributed by atoms with E-state index in [1.807, 2.05) is 45.0 Å². The van der Waals surface area contributed by atoms with Gasteiger partial charge < -0.3 is 20.6 Å². The van der Waals surface area contributed by atoms with Crippen molar-refractivity contribution < 1.29 is 19.5 Å². The molecule has 1 aromatic carbocycles. The lowest BCUT2D eigenvalue weighted by Gasteiger charge is -2.26. The van der Waals surface area contributed by atoms with Crippen LogP contribution in [0.15, 0.2) is 35.0 Å². The van der Waals surface area contributed by atoms with Crippen molar-refractivity contribution in [1.82, 2.24) is 15.5 Å². The average molecular weight is 429 g/mol. The average Bonchev–Trinajstić information content (AvgIpc) is 3.12. The van der Waals surface area contributed by atoms with E-state index in [0.717, 1.165) is 22.4 Å². The zero-order chi connectivity index (χ0) is 23.1. The first-order chi connectivity index (χ1) is 14.6. The number of β-amino-alcohol motifs (C(OH)–C–C–N with tert-alkyl or cyclic N) is 1. The van der Waals surface area contributed by atoms with Crippen molar-refractivity contribution in [3.63, 3.8) is 0 Å². The van der Waals surface area contributed by atoms with Gasteiger partial charge in [-0.2, -0.15) is 0 Å². The van der Waals surface area contributed by atoms with Crippen LogP contribution in [0.1, 0.15) is 52.2 Å². The minimum Gasteiger partial charge on any atom is -0.391 e. The fraction of sp³-hybridized carbons (Fsp3) is 0.478. The van der Waals surface area contributed by atoms with Crippen molar-refractivity contribution in [3.8, 4) is 0 Å². The van der Waals surface area contributed by atoms with Crippen LogP contribution in [0, 0.1) is 0 Å². The normalized spacial score (nSPS) is 20.4. The van der Waals surface area contributed by atoms with Crippen LogP contribution in [0.2, 0.25) is 0 Å². The third-order valence-corrected chi connectivity index (χ3v) is 5.37. The molecule has 1 aromatic rings. The summed E-state index contributed by atoms with van der Waals surface area (Å²) in [6, 6.07) is 6.31. The molecule has 2 rings (SSSR count). The lowest BCUT2D eigenvalue weighted by atomic mass is 10.0. The molecule has 0 bridgehead atoms. The van der Waals surface area contributed by atoms with E-state index in [4.69, 9.17) is 0 Å². The van der Waals surface area contributed by atoms with Crippen molar-refractivity contribution in [2.24, 2.45) is 4.99 Å². The Bertz CT molecular complexity index is 876. The molecular formula is C23H32N4O4. The van der Waals surface area contributed by atoms with E-state index in [2.05, 4.69) is 15.6 Å². The summed E-state index contributed by atoms with van der Waals surface area (Å²) in [6.45, 7) is 9.12. The van der Waals surface area contributed by atoms with E-state index in [-0.39, 0.29) is 30.7 Å². The minimum absolute atomic E-state index is 0.0702. The van der Waals surface area contributed by atoms with E-state index in [1.165, 1.54) is 11.8 Å². The number of nitrogens with zero attached hydrogens (tertiary/aromatic N) is 2. The number of nitrogens with one attached hydrogen (secondary N) is 2. The standard InChI is InChI=1S/C23H32N4O4/c1-6-24-15(3)14(2)19-9-7-18(8-10-19)12-25-22(30)21-11-20(29)13-27(21)23(31)16(4)26-17(5)28/h6-10,16,20-21,29H,11-13H2,1-5H3,(H,25,30)(H,26,28)/b15-14+,24-6-/t16-,20+,21-/m0/s1. The molecule has 3 N–H and O–H groups in total. The van der Waals surface area contributed by atoms with Gasteiger partial charge in [-0.05, 0) is 44.4 Å². The molecule has 168 valence electrons. The number of rotatable bonds is 7. The monoisotopic (exact) mass is 428 g/mol. The van der Waals surface area contributed by atoms with Gasteiger partial charge in [-0.15, -0.1) is 0 Å². The molecule has 0 aromatic heterocycles. The number of likely N-dealkylation sites (tertiary alicyclic amines) is 1. The molecule has 1 fully saturated rings.